The molecule has 184 valence electrons. The summed E-state index contributed by atoms with van der Waals surface area (Å²) in [5.74, 6) is 0.954. The number of rotatable bonds is 9. The van der Waals surface area contributed by atoms with E-state index in [0.717, 1.165) is 34.1 Å². The average molecular weight is 547 g/mol. The second-order valence-corrected chi connectivity index (χ2v) is 9.34. The van der Waals surface area contributed by atoms with Crippen LogP contribution in [0.2, 0.25) is 0 Å². The van der Waals surface area contributed by atoms with E-state index >= 15 is 0 Å². The standard InChI is InChI=1S/C28H27BrN4O3/c1-3-4-5-26-32-25-15-10-21(29)16-24(25)28(35)33(26)30-17-20-8-13-23(14-9-20)36-18-27(34)31-22-11-6-19(2)7-12-22/h6-17H,3-5,18H2,1-2H3,(H,31,34). The van der Waals surface area contributed by atoms with E-state index < -0.39 is 0 Å². The molecule has 0 saturated carbocycles. The van der Waals surface area contributed by atoms with Crippen LogP contribution in [-0.2, 0) is 11.2 Å². The van der Waals surface area contributed by atoms with Crippen molar-refractivity contribution in [3.63, 3.8) is 0 Å². The van der Waals surface area contributed by atoms with Gasteiger partial charge in [-0.2, -0.15) is 9.78 Å². The number of ether oxygens (including phenoxy) is 1. The van der Waals surface area contributed by atoms with Crippen LogP contribution in [0.1, 0.15) is 36.7 Å². The smallest absolute Gasteiger partial charge is 0.282 e. The molecule has 4 aromatic rings. The topological polar surface area (TPSA) is 85.6 Å². The van der Waals surface area contributed by atoms with Crippen molar-refractivity contribution in [2.24, 2.45) is 5.10 Å². The summed E-state index contributed by atoms with van der Waals surface area (Å²) in [5.41, 5.74) is 3.09. The van der Waals surface area contributed by atoms with Gasteiger partial charge in [0.15, 0.2) is 6.61 Å². The summed E-state index contributed by atoms with van der Waals surface area (Å²) < 4.78 is 7.79. The Kier molecular flexibility index (Phi) is 8.28. The van der Waals surface area contributed by atoms with Gasteiger partial charge < -0.3 is 10.1 Å². The number of benzene rings is 3. The molecule has 7 nitrogen and oxygen atoms in total. The first kappa shape index (κ1) is 25.3. The fourth-order valence-corrected chi connectivity index (χ4v) is 3.93. The van der Waals surface area contributed by atoms with Gasteiger partial charge >= 0.3 is 0 Å². The zero-order chi connectivity index (χ0) is 25.5. The van der Waals surface area contributed by atoms with Crippen molar-refractivity contribution >= 4 is 44.6 Å². The van der Waals surface area contributed by atoms with Gasteiger partial charge in [0.25, 0.3) is 11.5 Å². The second-order valence-electron chi connectivity index (χ2n) is 8.43. The van der Waals surface area contributed by atoms with Crippen LogP contribution in [0.5, 0.6) is 5.75 Å². The monoisotopic (exact) mass is 546 g/mol. The van der Waals surface area contributed by atoms with Crippen LogP contribution in [0.25, 0.3) is 10.9 Å². The van der Waals surface area contributed by atoms with Crippen LogP contribution in [0.3, 0.4) is 0 Å². The minimum Gasteiger partial charge on any atom is -0.484 e. The SMILES string of the molecule is CCCCc1nc2ccc(Br)cc2c(=O)n1N=Cc1ccc(OCC(=O)Nc2ccc(C)cc2)cc1. The molecule has 0 aliphatic carbocycles. The number of hydrogen-bond acceptors (Lipinski definition) is 5. The Morgan fingerprint density at radius 3 is 2.58 bits per heavy atom. The number of unbranched alkanes of at least 4 members (excludes halogenated alkanes) is 1. The highest BCUT2D eigenvalue weighted by Crippen LogP contribution is 2.17. The summed E-state index contributed by atoms with van der Waals surface area (Å²) in [4.78, 5) is 30.0. The first-order valence-corrected chi connectivity index (χ1v) is 12.6. The Bertz CT molecular complexity index is 1450. The predicted octanol–water partition coefficient (Wildman–Crippen LogP) is 5.71. The fourth-order valence-electron chi connectivity index (χ4n) is 3.57. The molecule has 1 heterocycles. The van der Waals surface area contributed by atoms with Crippen LogP contribution in [0, 0.1) is 6.92 Å². The maximum absolute atomic E-state index is 13.2. The molecule has 1 amide bonds. The molecular weight excluding hydrogens is 520 g/mol. The molecule has 8 heteroatoms. The number of nitrogens with zero attached hydrogens (tertiary/aromatic N) is 3. The van der Waals surface area contributed by atoms with Crippen molar-refractivity contribution in [2.45, 2.75) is 33.1 Å². The van der Waals surface area contributed by atoms with Crippen molar-refractivity contribution in [2.75, 3.05) is 11.9 Å². The van der Waals surface area contributed by atoms with E-state index in [4.69, 9.17) is 4.74 Å². The van der Waals surface area contributed by atoms with Crippen LogP contribution in [0.15, 0.2) is 81.1 Å². The van der Waals surface area contributed by atoms with Gasteiger partial charge in [-0.3, -0.25) is 9.59 Å². The fraction of sp³-hybridized carbons (Fsp3) is 0.214. The summed E-state index contributed by atoms with van der Waals surface area (Å²) in [6.07, 6.45) is 4.18. The first-order valence-electron chi connectivity index (χ1n) is 11.8. The molecule has 36 heavy (non-hydrogen) atoms. The summed E-state index contributed by atoms with van der Waals surface area (Å²) in [5, 5.41) is 7.77. The van der Waals surface area contributed by atoms with Crippen molar-refractivity contribution in [3.05, 3.63) is 98.5 Å². The molecule has 0 unspecified atom stereocenters. The molecule has 1 N–H and O–H groups in total. The van der Waals surface area contributed by atoms with E-state index in [0.29, 0.717) is 28.9 Å². The molecule has 0 aliphatic heterocycles. The van der Waals surface area contributed by atoms with Crippen LogP contribution in [0.4, 0.5) is 5.69 Å². The van der Waals surface area contributed by atoms with Gasteiger partial charge in [-0.15, -0.1) is 0 Å². The predicted molar refractivity (Wildman–Crippen MR) is 147 cm³/mol. The van der Waals surface area contributed by atoms with Crippen molar-refractivity contribution in [1.29, 1.82) is 0 Å². The summed E-state index contributed by atoms with van der Waals surface area (Å²) in [6, 6.07) is 20.2. The van der Waals surface area contributed by atoms with Gasteiger partial charge in [0, 0.05) is 16.6 Å². The quantitative estimate of drug-likeness (QED) is 0.272. The Balaban J connectivity index is 1.45. The number of nitrogens with one attached hydrogen (secondary N) is 1. The summed E-state index contributed by atoms with van der Waals surface area (Å²) >= 11 is 3.42. The normalized spacial score (nSPS) is 11.2. The highest BCUT2D eigenvalue weighted by atomic mass is 79.9. The van der Waals surface area contributed by atoms with Gasteiger partial charge in [-0.25, -0.2) is 4.98 Å². The van der Waals surface area contributed by atoms with Crippen molar-refractivity contribution in [1.82, 2.24) is 9.66 Å². The highest BCUT2D eigenvalue weighted by Gasteiger charge is 2.11. The molecule has 0 spiro atoms. The number of carbonyl (C=O) groups excluding carboxylic acids is 1. The average Bonchev–Trinajstić information content (AvgIpc) is 2.88. The number of amides is 1. The third-order valence-electron chi connectivity index (χ3n) is 5.54. The maximum Gasteiger partial charge on any atom is 0.282 e. The lowest BCUT2D eigenvalue weighted by atomic mass is 10.2. The van der Waals surface area contributed by atoms with Gasteiger partial charge in [-0.05, 0) is 73.5 Å². The molecular formula is C28H27BrN4O3. The van der Waals surface area contributed by atoms with Gasteiger partial charge in [0.05, 0.1) is 17.1 Å². The van der Waals surface area contributed by atoms with E-state index in [-0.39, 0.29) is 18.1 Å². The Hall–Kier alpha value is -3.78. The van der Waals surface area contributed by atoms with Gasteiger partial charge in [0.1, 0.15) is 11.6 Å². The molecule has 0 aliphatic rings. The van der Waals surface area contributed by atoms with E-state index in [2.05, 4.69) is 38.3 Å². The lowest BCUT2D eigenvalue weighted by Gasteiger charge is -2.09. The molecule has 0 fully saturated rings. The summed E-state index contributed by atoms with van der Waals surface area (Å²) in [6.45, 7) is 3.99. The van der Waals surface area contributed by atoms with Gasteiger partial charge in [0.2, 0.25) is 0 Å². The van der Waals surface area contributed by atoms with Crippen LogP contribution in [-0.4, -0.2) is 28.4 Å². The second kappa shape index (κ2) is 11.8. The number of anilines is 1. The molecule has 0 bridgehead atoms. The number of hydrogen-bond donors (Lipinski definition) is 1. The maximum atomic E-state index is 13.2. The number of halogens is 1. The number of fused-ring (bicyclic) bond motifs is 1. The van der Waals surface area contributed by atoms with Crippen molar-refractivity contribution < 1.29 is 9.53 Å². The molecule has 1 aromatic heterocycles. The zero-order valence-corrected chi connectivity index (χ0v) is 21.8. The van der Waals surface area contributed by atoms with Gasteiger partial charge in [-0.1, -0.05) is 47.0 Å². The van der Waals surface area contributed by atoms with E-state index in [1.165, 1.54) is 4.68 Å². The zero-order valence-electron chi connectivity index (χ0n) is 20.2. The molecule has 3 aromatic carbocycles. The highest BCUT2D eigenvalue weighted by molar-refractivity contribution is 9.10. The Morgan fingerprint density at radius 2 is 1.86 bits per heavy atom. The van der Waals surface area contributed by atoms with E-state index in [9.17, 15) is 9.59 Å². The Labute approximate surface area is 218 Å². The number of aromatic nitrogens is 2. The molecule has 0 saturated heterocycles. The van der Waals surface area contributed by atoms with E-state index in [1.54, 1.807) is 24.4 Å². The molecule has 4 rings (SSSR count). The summed E-state index contributed by atoms with van der Waals surface area (Å²) in [7, 11) is 0. The third kappa shape index (κ3) is 6.46. The van der Waals surface area contributed by atoms with Crippen LogP contribution >= 0.6 is 15.9 Å². The van der Waals surface area contributed by atoms with E-state index in [1.807, 2.05) is 55.5 Å². The largest absolute Gasteiger partial charge is 0.484 e. The first-order chi connectivity index (χ1) is 17.4. The number of aryl methyl sites for hydroxylation is 2. The third-order valence-corrected chi connectivity index (χ3v) is 6.03. The Morgan fingerprint density at radius 1 is 1.11 bits per heavy atom. The lowest BCUT2D eigenvalue weighted by Crippen LogP contribution is -2.22. The number of carbonyl (C=O) groups is 1. The molecule has 0 atom stereocenters. The minimum atomic E-state index is -0.237. The molecule has 0 radical (unpaired) electrons. The minimum absolute atomic E-state index is 0.101. The lowest BCUT2D eigenvalue weighted by molar-refractivity contribution is -0.118. The van der Waals surface area contributed by atoms with Crippen LogP contribution < -0.4 is 15.6 Å². The van der Waals surface area contributed by atoms with Crippen molar-refractivity contribution in [3.8, 4) is 5.75 Å².